The van der Waals surface area contributed by atoms with Gasteiger partial charge in [-0.05, 0) is 55.0 Å². The summed E-state index contributed by atoms with van der Waals surface area (Å²) in [4.78, 5) is 0. The summed E-state index contributed by atoms with van der Waals surface area (Å²) in [5.41, 5.74) is 7.96. The number of ether oxygens (including phenoxy) is 1. The van der Waals surface area contributed by atoms with Crippen molar-refractivity contribution >= 4 is 17.1 Å². The first-order valence-corrected chi connectivity index (χ1v) is 8.78. The third-order valence-electron chi connectivity index (χ3n) is 3.78. The van der Waals surface area contributed by atoms with E-state index in [9.17, 15) is 0 Å². The zero-order valence-electron chi connectivity index (χ0n) is 14.4. The zero-order valence-corrected chi connectivity index (χ0v) is 14.4. The molecule has 0 aromatic heterocycles. The van der Waals surface area contributed by atoms with E-state index < -0.39 is 0 Å². The summed E-state index contributed by atoms with van der Waals surface area (Å²) >= 11 is 0. The van der Waals surface area contributed by atoms with Crippen LogP contribution < -0.4 is 10.5 Å². The highest BCUT2D eigenvalue weighted by molar-refractivity contribution is 5.48. The summed E-state index contributed by atoms with van der Waals surface area (Å²) in [6, 6.07) is 15.0. The fourth-order valence-corrected chi connectivity index (χ4v) is 2.34. The molecular formula is C20H27N3O. The maximum Gasteiger partial charge on any atom is 0.119 e. The highest BCUT2D eigenvalue weighted by atomic mass is 16.5. The molecular weight excluding hydrogens is 298 g/mol. The number of azo groups is 1. The third-order valence-corrected chi connectivity index (χ3v) is 3.78. The van der Waals surface area contributed by atoms with Gasteiger partial charge in [0.25, 0.3) is 0 Å². The Hall–Kier alpha value is -2.36. The summed E-state index contributed by atoms with van der Waals surface area (Å²) in [7, 11) is 0. The van der Waals surface area contributed by atoms with E-state index in [2.05, 4.69) is 17.2 Å². The van der Waals surface area contributed by atoms with Gasteiger partial charge in [-0.1, -0.05) is 39.0 Å². The standard InChI is InChI=1S/C20H27N3O/c1-2-3-4-5-6-7-16-24-20-14-12-19(13-15-20)23-22-18-10-8-17(21)9-11-18/h8-15H,2-7,16,21H2,1H3/b23-22+. The number of rotatable bonds is 10. The molecule has 0 heterocycles. The van der Waals surface area contributed by atoms with Crippen LogP contribution in [0.3, 0.4) is 0 Å². The van der Waals surface area contributed by atoms with E-state index in [-0.39, 0.29) is 0 Å². The molecule has 4 heteroatoms. The maximum absolute atomic E-state index is 5.76. The number of unbranched alkanes of at least 4 members (excludes halogenated alkanes) is 5. The molecule has 4 nitrogen and oxygen atoms in total. The van der Waals surface area contributed by atoms with Gasteiger partial charge in [0.2, 0.25) is 0 Å². The van der Waals surface area contributed by atoms with Gasteiger partial charge in [0.15, 0.2) is 0 Å². The van der Waals surface area contributed by atoms with Crippen molar-refractivity contribution in [2.75, 3.05) is 12.3 Å². The molecule has 0 radical (unpaired) electrons. The van der Waals surface area contributed by atoms with E-state index in [1.165, 1.54) is 32.1 Å². The summed E-state index contributed by atoms with van der Waals surface area (Å²) in [5, 5.41) is 8.40. The molecule has 0 unspecified atom stereocenters. The molecule has 24 heavy (non-hydrogen) atoms. The highest BCUT2D eigenvalue weighted by Gasteiger charge is 1.96. The molecule has 0 spiro atoms. The zero-order chi connectivity index (χ0) is 17.0. The molecule has 2 aromatic carbocycles. The molecule has 0 aliphatic rings. The second-order valence-electron chi connectivity index (χ2n) is 5.90. The second kappa shape index (κ2) is 10.4. The number of anilines is 1. The van der Waals surface area contributed by atoms with Gasteiger partial charge in [-0.15, -0.1) is 0 Å². The lowest BCUT2D eigenvalue weighted by Crippen LogP contribution is -1.96. The maximum atomic E-state index is 5.76. The minimum Gasteiger partial charge on any atom is -0.494 e. The van der Waals surface area contributed by atoms with Crippen molar-refractivity contribution in [1.82, 2.24) is 0 Å². The second-order valence-corrected chi connectivity index (χ2v) is 5.90. The van der Waals surface area contributed by atoms with Crippen molar-refractivity contribution in [3.63, 3.8) is 0 Å². The highest BCUT2D eigenvalue weighted by Crippen LogP contribution is 2.22. The number of nitrogens with two attached hydrogens (primary N) is 1. The van der Waals surface area contributed by atoms with Gasteiger partial charge in [0, 0.05) is 5.69 Å². The number of hydrogen-bond acceptors (Lipinski definition) is 4. The Bertz CT molecular complexity index is 606. The summed E-state index contributed by atoms with van der Waals surface area (Å²) in [6.45, 7) is 3.01. The van der Waals surface area contributed by atoms with Gasteiger partial charge in [-0.2, -0.15) is 10.2 Å². The fourth-order valence-electron chi connectivity index (χ4n) is 2.34. The molecule has 0 aliphatic heterocycles. The van der Waals surface area contributed by atoms with Gasteiger partial charge < -0.3 is 10.5 Å². The van der Waals surface area contributed by atoms with Gasteiger partial charge in [0.1, 0.15) is 5.75 Å². The lowest BCUT2D eigenvalue weighted by Gasteiger charge is -2.06. The van der Waals surface area contributed by atoms with E-state index >= 15 is 0 Å². The molecule has 2 aromatic rings. The number of benzene rings is 2. The van der Waals surface area contributed by atoms with E-state index in [0.29, 0.717) is 0 Å². The van der Waals surface area contributed by atoms with Crippen molar-refractivity contribution in [3.05, 3.63) is 48.5 Å². The first-order valence-electron chi connectivity index (χ1n) is 8.78. The normalized spacial score (nSPS) is 11.0. The van der Waals surface area contributed by atoms with Crippen molar-refractivity contribution in [3.8, 4) is 5.75 Å². The van der Waals surface area contributed by atoms with E-state index in [1.807, 2.05) is 48.5 Å². The minimum absolute atomic E-state index is 0.723. The number of nitrogen functional groups attached to an aromatic ring is 1. The van der Waals surface area contributed by atoms with E-state index in [4.69, 9.17) is 10.5 Å². The van der Waals surface area contributed by atoms with Crippen molar-refractivity contribution in [2.24, 2.45) is 10.2 Å². The smallest absolute Gasteiger partial charge is 0.119 e. The van der Waals surface area contributed by atoms with Crippen LogP contribution in [0.2, 0.25) is 0 Å². The Balaban J connectivity index is 1.71. The molecule has 2 N–H and O–H groups in total. The van der Waals surface area contributed by atoms with Gasteiger partial charge >= 0.3 is 0 Å². The predicted molar refractivity (Wildman–Crippen MR) is 100 cm³/mol. The number of hydrogen-bond donors (Lipinski definition) is 1. The molecule has 128 valence electrons. The Kier molecular flexibility index (Phi) is 7.81. The van der Waals surface area contributed by atoms with Gasteiger partial charge in [0.05, 0.1) is 18.0 Å². The average molecular weight is 325 g/mol. The van der Waals surface area contributed by atoms with Crippen molar-refractivity contribution in [2.45, 2.75) is 45.4 Å². The minimum atomic E-state index is 0.723. The average Bonchev–Trinajstić information content (AvgIpc) is 2.61. The molecule has 0 aliphatic carbocycles. The molecule has 0 amide bonds. The third kappa shape index (κ3) is 6.82. The Morgan fingerprint density at radius 2 is 1.29 bits per heavy atom. The number of nitrogens with zero attached hydrogens (tertiary/aromatic N) is 2. The molecule has 0 saturated carbocycles. The first-order chi connectivity index (χ1) is 11.8. The Labute approximate surface area is 144 Å². The SMILES string of the molecule is CCCCCCCCOc1ccc(/N=N/c2ccc(N)cc2)cc1. The van der Waals surface area contributed by atoms with Crippen LogP contribution in [0.4, 0.5) is 17.1 Å². The van der Waals surface area contributed by atoms with Crippen LogP contribution in [-0.2, 0) is 0 Å². The first kappa shape index (κ1) is 18.0. The summed E-state index contributed by atoms with van der Waals surface area (Å²) in [6.07, 6.45) is 7.63. The molecule has 0 atom stereocenters. The van der Waals surface area contributed by atoms with Crippen LogP contribution in [0.5, 0.6) is 5.75 Å². The Morgan fingerprint density at radius 1 is 0.750 bits per heavy atom. The largest absolute Gasteiger partial charge is 0.494 e. The predicted octanol–water partition coefficient (Wildman–Crippen LogP) is 6.42. The Morgan fingerprint density at radius 3 is 1.92 bits per heavy atom. The topological polar surface area (TPSA) is 60.0 Å². The van der Waals surface area contributed by atoms with Crippen LogP contribution in [-0.4, -0.2) is 6.61 Å². The lowest BCUT2D eigenvalue weighted by molar-refractivity contribution is 0.304. The van der Waals surface area contributed by atoms with E-state index in [1.54, 1.807) is 0 Å². The van der Waals surface area contributed by atoms with Crippen LogP contribution in [0.1, 0.15) is 45.4 Å². The summed E-state index contributed by atoms with van der Waals surface area (Å²) < 4.78 is 5.76. The molecule has 0 fully saturated rings. The van der Waals surface area contributed by atoms with Crippen molar-refractivity contribution in [1.29, 1.82) is 0 Å². The molecule has 0 saturated heterocycles. The van der Waals surface area contributed by atoms with E-state index in [0.717, 1.165) is 35.8 Å². The molecule has 2 rings (SSSR count). The van der Waals surface area contributed by atoms with Gasteiger partial charge in [-0.25, -0.2) is 0 Å². The fraction of sp³-hybridized carbons (Fsp3) is 0.400. The summed E-state index contributed by atoms with van der Waals surface area (Å²) in [5.74, 6) is 0.884. The van der Waals surface area contributed by atoms with Crippen LogP contribution in [0, 0.1) is 0 Å². The van der Waals surface area contributed by atoms with Crippen molar-refractivity contribution < 1.29 is 4.74 Å². The van der Waals surface area contributed by atoms with Crippen LogP contribution >= 0.6 is 0 Å². The van der Waals surface area contributed by atoms with Crippen LogP contribution in [0.25, 0.3) is 0 Å². The van der Waals surface area contributed by atoms with Gasteiger partial charge in [-0.3, -0.25) is 0 Å². The molecule has 0 bridgehead atoms. The lowest BCUT2D eigenvalue weighted by atomic mass is 10.1. The quantitative estimate of drug-likeness (QED) is 0.311. The monoisotopic (exact) mass is 325 g/mol. The van der Waals surface area contributed by atoms with Crippen LogP contribution in [0.15, 0.2) is 58.8 Å².